The maximum absolute atomic E-state index is 14.0. The molecule has 88 valence electrons. The van der Waals surface area contributed by atoms with E-state index in [1.165, 1.54) is 10.7 Å². The first kappa shape index (κ1) is 11.3. The van der Waals surface area contributed by atoms with Gasteiger partial charge in [-0.05, 0) is 12.3 Å². The van der Waals surface area contributed by atoms with E-state index in [4.69, 9.17) is 11.0 Å². The number of nitrogen functional groups attached to an aromatic ring is 1. The van der Waals surface area contributed by atoms with Crippen LogP contribution in [0.5, 0.6) is 0 Å². The molecule has 0 radical (unpaired) electrons. The number of nitrogens with two attached hydrogens (primary N) is 1. The molecule has 0 aromatic carbocycles. The average molecular weight is 233 g/mol. The third-order valence-corrected chi connectivity index (χ3v) is 2.87. The Labute approximate surface area is 97.7 Å². The zero-order valence-corrected chi connectivity index (χ0v) is 9.61. The third kappa shape index (κ3) is 1.60. The minimum atomic E-state index is -0.581. The van der Waals surface area contributed by atoms with E-state index < -0.39 is 5.82 Å². The lowest BCUT2D eigenvalue weighted by Gasteiger charge is -2.08. The summed E-state index contributed by atoms with van der Waals surface area (Å²) >= 11 is 0. The van der Waals surface area contributed by atoms with Crippen LogP contribution in [0.1, 0.15) is 37.4 Å². The molecule has 0 saturated heterocycles. The molecule has 0 amide bonds. The Balaban J connectivity index is 2.87. The quantitative estimate of drug-likeness (QED) is 0.858. The Morgan fingerprint density at radius 2 is 2.35 bits per heavy atom. The highest BCUT2D eigenvalue weighted by Gasteiger charge is 2.23. The van der Waals surface area contributed by atoms with Gasteiger partial charge in [-0.3, -0.25) is 0 Å². The van der Waals surface area contributed by atoms with Crippen LogP contribution in [0, 0.1) is 17.1 Å². The van der Waals surface area contributed by atoms with Crippen molar-refractivity contribution in [1.82, 2.24) is 14.6 Å². The van der Waals surface area contributed by atoms with E-state index in [1.807, 2.05) is 19.9 Å². The first-order valence-electron chi connectivity index (χ1n) is 5.32. The monoisotopic (exact) mass is 233 g/mol. The van der Waals surface area contributed by atoms with Crippen molar-refractivity contribution in [3.05, 3.63) is 23.3 Å². The Morgan fingerprint density at radius 1 is 1.65 bits per heavy atom. The predicted molar refractivity (Wildman–Crippen MR) is 60.8 cm³/mol. The van der Waals surface area contributed by atoms with Crippen LogP contribution in [-0.2, 0) is 0 Å². The summed E-state index contributed by atoms with van der Waals surface area (Å²) in [6, 6.07) is 1.88. The van der Waals surface area contributed by atoms with E-state index >= 15 is 0 Å². The van der Waals surface area contributed by atoms with E-state index in [0.29, 0.717) is 5.69 Å². The molecule has 1 atom stereocenters. The van der Waals surface area contributed by atoms with Gasteiger partial charge in [0.15, 0.2) is 5.82 Å². The lowest BCUT2D eigenvalue weighted by molar-refractivity contribution is 0.633. The molecule has 2 rings (SSSR count). The summed E-state index contributed by atoms with van der Waals surface area (Å²) in [5.74, 6) is -0.500. The fourth-order valence-electron chi connectivity index (χ4n) is 1.80. The SMILES string of the molecule is CCC(C)c1c(C#N)c(F)c2cnc(N)nn12. The number of nitriles is 1. The smallest absolute Gasteiger partial charge is 0.238 e. The molecule has 2 aromatic rings. The van der Waals surface area contributed by atoms with E-state index in [2.05, 4.69) is 10.1 Å². The molecule has 0 spiro atoms. The van der Waals surface area contributed by atoms with Crippen molar-refractivity contribution < 1.29 is 4.39 Å². The molecule has 0 aliphatic heterocycles. The van der Waals surface area contributed by atoms with E-state index in [1.54, 1.807) is 0 Å². The second kappa shape index (κ2) is 4.01. The lowest BCUT2D eigenvalue weighted by Crippen LogP contribution is -2.06. The van der Waals surface area contributed by atoms with Gasteiger partial charge in [-0.25, -0.2) is 13.9 Å². The van der Waals surface area contributed by atoms with Crippen molar-refractivity contribution in [3.8, 4) is 6.07 Å². The Morgan fingerprint density at radius 3 is 2.94 bits per heavy atom. The highest BCUT2D eigenvalue weighted by molar-refractivity contribution is 5.58. The van der Waals surface area contributed by atoms with Gasteiger partial charge < -0.3 is 5.73 Å². The number of halogens is 1. The summed E-state index contributed by atoms with van der Waals surface area (Å²) < 4.78 is 15.3. The lowest BCUT2D eigenvalue weighted by atomic mass is 10.0. The minimum absolute atomic E-state index is 0.0240. The van der Waals surface area contributed by atoms with E-state index in [-0.39, 0.29) is 22.9 Å². The maximum atomic E-state index is 14.0. The van der Waals surface area contributed by atoms with Crippen molar-refractivity contribution >= 4 is 11.5 Å². The van der Waals surface area contributed by atoms with Gasteiger partial charge in [-0.2, -0.15) is 5.26 Å². The van der Waals surface area contributed by atoms with Crippen LogP contribution in [0.25, 0.3) is 5.52 Å². The third-order valence-electron chi connectivity index (χ3n) is 2.87. The molecule has 1 unspecified atom stereocenters. The summed E-state index contributed by atoms with van der Waals surface area (Å²) in [4.78, 5) is 3.74. The van der Waals surface area contributed by atoms with Gasteiger partial charge >= 0.3 is 0 Å². The first-order chi connectivity index (χ1) is 8.10. The molecule has 6 heteroatoms. The molecule has 2 N–H and O–H groups in total. The normalized spacial score (nSPS) is 12.6. The molecule has 5 nitrogen and oxygen atoms in total. The summed E-state index contributed by atoms with van der Waals surface area (Å²) in [5, 5.41) is 13.0. The molecule has 2 heterocycles. The van der Waals surface area contributed by atoms with E-state index in [0.717, 1.165) is 6.42 Å². The van der Waals surface area contributed by atoms with Gasteiger partial charge in [-0.1, -0.05) is 13.8 Å². The van der Waals surface area contributed by atoms with Crippen molar-refractivity contribution in [1.29, 1.82) is 5.26 Å². The Kier molecular flexibility index (Phi) is 2.68. The van der Waals surface area contributed by atoms with Crippen LogP contribution < -0.4 is 5.73 Å². The molecule has 0 fully saturated rings. The van der Waals surface area contributed by atoms with E-state index in [9.17, 15) is 4.39 Å². The molecule has 0 aliphatic rings. The number of anilines is 1. The summed E-state index contributed by atoms with van der Waals surface area (Å²) in [6.07, 6.45) is 2.08. The van der Waals surface area contributed by atoms with Gasteiger partial charge in [0.2, 0.25) is 5.95 Å². The number of aromatic nitrogens is 3. The second-order valence-corrected chi connectivity index (χ2v) is 3.91. The number of hydrogen-bond donors (Lipinski definition) is 1. The number of rotatable bonds is 2. The number of fused-ring (bicyclic) bond motifs is 1. The topological polar surface area (TPSA) is 80.0 Å². The first-order valence-corrected chi connectivity index (χ1v) is 5.32. The fourth-order valence-corrected chi connectivity index (χ4v) is 1.80. The van der Waals surface area contributed by atoms with Crippen LogP contribution in [0.15, 0.2) is 6.20 Å². The summed E-state index contributed by atoms with van der Waals surface area (Å²) in [6.45, 7) is 3.88. The predicted octanol–water partition coefficient (Wildman–Crippen LogP) is 1.84. The maximum Gasteiger partial charge on any atom is 0.238 e. The number of hydrogen-bond acceptors (Lipinski definition) is 4. The minimum Gasteiger partial charge on any atom is -0.367 e. The zero-order chi connectivity index (χ0) is 12.6. The summed E-state index contributed by atoms with van der Waals surface area (Å²) in [5.41, 5.74) is 6.25. The van der Waals surface area contributed by atoms with Gasteiger partial charge in [0, 0.05) is 0 Å². The van der Waals surface area contributed by atoms with Crippen molar-refractivity contribution in [2.45, 2.75) is 26.2 Å². The molecule has 17 heavy (non-hydrogen) atoms. The highest BCUT2D eigenvalue weighted by atomic mass is 19.1. The van der Waals surface area contributed by atoms with Crippen molar-refractivity contribution in [2.75, 3.05) is 5.73 Å². The van der Waals surface area contributed by atoms with Crippen molar-refractivity contribution in [3.63, 3.8) is 0 Å². The fraction of sp³-hybridized carbons (Fsp3) is 0.364. The Bertz CT molecular complexity index is 610. The average Bonchev–Trinajstić information content (AvgIpc) is 2.60. The van der Waals surface area contributed by atoms with Crippen LogP contribution >= 0.6 is 0 Å². The molecule has 0 bridgehead atoms. The zero-order valence-electron chi connectivity index (χ0n) is 9.61. The molecular weight excluding hydrogens is 221 g/mol. The molecule has 2 aromatic heterocycles. The van der Waals surface area contributed by atoms with Gasteiger partial charge in [0.05, 0.1) is 11.9 Å². The van der Waals surface area contributed by atoms with Gasteiger partial charge in [-0.15, -0.1) is 5.10 Å². The molecule has 0 saturated carbocycles. The van der Waals surface area contributed by atoms with Crippen molar-refractivity contribution in [2.24, 2.45) is 0 Å². The van der Waals surface area contributed by atoms with Crippen LogP contribution in [0.3, 0.4) is 0 Å². The van der Waals surface area contributed by atoms with Crippen LogP contribution in [0.2, 0.25) is 0 Å². The summed E-state index contributed by atoms with van der Waals surface area (Å²) in [7, 11) is 0. The van der Waals surface area contributed by atoms with Crippen LogP contribution in [0.4, 0.5) is 10.3 Å². The van der Waals surface area contributed by atoms with Gasteiger partial charge in [0.1, 0.15) is 17.1 Å². The standard InChI is InChI=1S/C11H12FN5/c1-3-6(2)10-7(4-13)9(12)8-5-15-11(14)16-17(8)10/h5-6H,3H2,1-2H3,(H2,14,16). The van der Waals surface area contributed by atoms with Gasteiger partial charge in [0.25, 0.3) is 0 Å². The highest BCUT2D eigenvalue weighted by Crippen LogP contribution is 2.28. The number of nitrogens with zero attached hydrogens (tertiary/aromatic N) is 4. The second-order valence-electron chi connectivity index (χ2n) is 3.91. The largest absolute Gasteiger partial charge is 0.367 e. The van der Waals surface area contributed by atoms with Crippen LogP contribution in [-0.4, -0.2) is 14.6 Å². The molecule has 0 aliphatic carbocycles. The Hall–Kier alpha value is -2.16. The molecular formula is C11H12FN5.